The van der Waals surface area contributed by atoms with Crippen LogP contribution < -0.4 is 0 Å². The van der Waals surface area contributed by atoms with Gasteiger partial charge < -0.3 is 4.52 Å². The van der Waals surface area contributed by atoms with Gasteiger partial charge in [-0.1, -0.05) is 102 Å². The third-order valence-corrected chi connectivity index (χ3v) is 7.91. The normalized spacial score (nSPS) is 12.4. The van der Waals surface area contributed by atoms with Gasteiger partial charge in [0.25, 0.3) is 0 Å². The molecule has 0 atom stereocenters. The summed E-state index contributed by atoms with van der Waals surface area (Å²) in [5, 5.41) is 8.35. The Morgan fingerprint density at radius 1 is 0.795 bits per heavy atom. The standard InChI is InChI=1S/C36H27F3N4O/c37-36(38,39)35-31(23-41-43(35)28-14-8-3-9-15-28)34-30-19-17-27-22-24(16-18-29(27)33(30)42-44-34)20-21-40-32(25-10-4-1-5-11-25)26-12-6-2-7-13-26/h1-16,18,22-23H,17,19-21H2. The van der Waals surface area contributed by atoms with Gasteiger partial charge >= 0.3 is 6.18 Å². The minimum Gasteiger partial charge on any atom is -0.355 e. The molecule has 6 aromatic rings. The van der Waals surface area contributed by atoms with E-state index in [1.165, 1.54) is 6.20 Å². The maximum atomic E-state index is 14.3. The molecule has 44 heavy (non-hydrogen) atoms. The van der Waals surface area contributed by atoms with Crippen LogP contribution in [0, 0.1) is 0 Å². The van der Waals surface area contributed by atoms with Gasteiger partial charge in [-0.2, -0.15) is 18.3 Å². The second kappa shape index (κ2) is 11.4. The van der Waals surface area contributed by atoms with Gasteiger partial charge in [-0.05, 0) is 42.5 Å². The average molecular weight is 589 g/mol. The highest BCUT2D eigenvalue weighted by Crippen LogP contribution is 2.44. The Labute approximate surface area is 252 Å². The Kier molecular flexibility index (Phi) is 7.18. The van der Waals surface area contributed by atoms with Crippen LogP contribution in [-0.4, -0.2) is 27.2 Å². The van der Waals surface area contributed by atoms with E-state index >= 15 is 0 Å². The fourth-order valence-electron chi connectivity index (χ4n) is 5.85. The number of fused-ring (bicyclic) bond motifs is 3. The van der Waals surface area contributed by atoms with E-state index in [9.17, 15) is 13.2 Å². The number of para-hydroxylation sites is 1. The zero-order chi connectivity index (χ0) is 30.1. The van der Waals surface area contributed by atoms with Gasteiger partial charge in [-0.3, -0.25) is 4.99 Å². The van der Waals surface area contributed by atoms with Crippen molar-refractivity contribution in [3.05, 3.63) is 149 Å². The number of alkyl halides is 3. The highest BCUT2D eigenvalue weighted by atomic mass is 19.4. The zero-order valence-corrected chi connectivity index (χ0v) is 23.6. The van der Waals surface area contributed by atoms with E-state index in [0.717, 1.165) is 44.6 Å². The Balaban J connectivity index is 1.16. The molecule has 0 unspecified atom stereocenters. The number of rotatable bonds is 7. The lowest BCUT2D eigenvalue weighted by atomic mass is 9.87. The molecule has 0 fully saturated rings. The van der Waals surface area contributed by atoms with Gasteiger partial charge in [0.05, 0.1) is 23.2 Å². The van der Waals surface area contributed by atoms with Crippen molar-refractivity contribution >= 4 is 5.71 Å². The zero-order valence-electron chi connectivity index (χ0n) is 23.6. The summed E-state index contributed by atoms with van der Waals surface area (Å²) in [4.78, 5) is 4.99. The maximum absolute atomic E-state index is 14.3. The van der Waals surface area contributed by atoms with Gasteiger partial charge in [0.1, 0.15) is 5.69 Å². The second-order valence-corrected chi connectivity index (χ2v) is 10.7. The van der Waals surface area contributed by atoms with Crippen LogP contribution in [0.25, 0.3) is 28.3 Å². The molecule has 0 saturated carbocycles. The summed E-state index contributed by atoms with van der Waals surface area (Å²) in [5.74, 6) is 0.118. The molecule has 4 aromatic carbocycles. The van der Waals surface area contributed by atoms with Crippen LogP contribution in [0.15, 0.2) is 125 Å². The highest BCUT2D eigenvalue weighted by molar-refractivity contribution is 6.12. The van der Waals surface area contributed by atoms with Crippen molar-refractivity contribution in [2.24, 2.45) is 4.99 Å². The van der Waals surface area contributed by atoms with Crippen LogP contribution in [-0.2, 0) is 25.4 Å². The summed E-state index contributed by atoms with van der Waals surface area (Å²) in [6.07, 6.45) is -1.49. The predicted molar refractivity (Wildman–Crippen MR) is 164 cm³/mol. The average Bonchev–Trinajstić information content (AvgIpc) is 3.69. The Morgan fingerprint density at radius 2 is 1.45 bits per heavy atom. The van der Waals surface area contributed by atoms with Crippen molar-refractivity contribution in [1.29, 1.82) is 0 Å². The molecule has 7 rings (SSSR count). The number of hydrogen-bond donors (Lipinski definition) is 0. The molecular weight excluding hydrogens is 561 g/mol. The number of halogens is 3. The van der Waals surface area contributed by atoms with E-state index in [2.05, 4.69) is 40.6 Å². The lowest BCUT2D eigenvalue weighted by molar-refractivity contribution is -0.142. The van der Waals surface area contributed by atoms with E-state index in [4.69, 9.17) is 9.52 Å². The molecule has 0 amide bonds. The van der Waals surface area contributed by atoms with Gasteiger partial charge in [-0.15, -0.1) is 0 Å². The lowest BCUT2D eigenvalue weighted by Crippen LogP contribution is -2.14. The number of aryl methyl sites for hydroxylation is 1. The van der Waals surface area contributed by atoms with E-state index in [1.807, 2.05) is 48.5 Å². The van der Waals surface area contributed by atoms with Crippen LogP contribution in [0.3, 0.4) is 0 Å². The van der Waals surface area contributed by atoms with E-state index in [0.29, 0.717) is 36.3 Å². The van der Waals surface area contributed by atoms with E-state index in [1.54, 1.807) is 30.3 Å². The van der Waals surface area contributed by atoms with E-state index < -0.39 is 11.9 Å². The fourth-order valence-corrected chi connectivity index (χ4v) is 5.85. The van der Waals surface area contributed by atoms with Crippen molar-refractivity contribution < 1.29 is 17.7 Å². The third kappa shape index (κ3) is 5.24. The topological polar surface area (TPSA) is 56.2 Å². The Bertz CT molecular complexity index is 1900. The summed E-state index contributed by atoms with van der Waals surface area (Å²) >= 11 is 0. The fraction of sp³-hybridized carbons (Fsp3) is 0.139. The number of aliphatic imine (C=N–C) groups is 1. The van der Waals surface area contributed by atoms with Crippen LogP contribution in [0.1, 0.15) is 33.5 Å². The number of benzene rings is 4. The Hall–Kier alpha value is -5.24. The number of hydrogen-bond acceptors (Lipinski definition) is 4. The first-order valence-corrected chi connectivity index (χ1v) is 14.4. The molecule has 2 aromatic heterocycles. The van der Waals surface area contributed by atoms with Crippen LogP contribution in [0.2, 0.25) is 0 Å². The second-order valence-electron chi connectivity index (χ2n) is 10.7. The van der Waals surface area contributed by atoms with E-state index in [-0.39, 0.29) is 11.3 Å². The summed E-state index contributed by atoms with van der Waals surface area (Å²) < 4.78 is 49.6. The maximum Gasteiger partial charge on any atom is 0.434 e. The Morgan fingerprint density at radius 3 is 2.11 bits per heavy atom. The minimum absolute atomic E-state index is 0.110. The monoisotopic (exact) mass is 588 g/mol. The third-order valence-electron chi connectivity index (χ3n) is 7.91. The van der Waals surface area contributed by atoms with Crippen molar-refractivity contribution in [1.82, 2.24) is 14.9 Å². The SMILES string of the molecule is FC(F)(F)c1c(-c2onc3c2CCc2cc(CCN=C(c4ccccc4)c4ccccc4)ccc2-3)cnn1-c1ccccc1. The van der Waals surface area contributed by atoms with Gasteiger partial charge in [0.2, 0.25) is 0 Å². The van der Waals surface area contributed by atoms with Crippen molar-refractivity contribution in [3.63, 3.8) is 0 Å². The summed E-state index contributed by atoms with van der Waals surface area (Å²) in [6.45, 7) is 0.614. The van der Waals surface area contributed by atoms with Gasteiger partial charge in [0, 0.05) is 28.8 Å². The number of aromatic nitrogens is 3. The molecule has 2 heterocycles. The highest BCUT2D eigenvalue weighted by Gasteiger charge is 2.41. The molecule has 0 spiro atoms. The molecule has 0 saturated heterocycles. The molecular formula is C36H27F3N4O. The first kappa shape index (κ1) is 27.6. The first-order chi connectivity index (χ1) is 21.5. The molecule has 8 heteroatoms. The molecule has 0 bridgehead atoms. The molecule has 218 valence electrons. The van der Waals surface area contributed by atoms with Gasteiger partial charge in [0.15, 0.2) is 11.5 Å². The lowest BCUT2D eigenvalue weighted by Gasteiger charge is -2.17. The summed E-state index contributed by atoms with van der Waals surface area (Å²) in [6, 6.07) is 34.8. The molecule has 0 radical (unpaired) electrons. The molecule has 5 nitrogen and oxygen atoms in total. The minimum atomic E-state index is -4.65. The smallest absolute Gasteiger partial charge is 0.355 e. The van der Waals surface area contributed by atoms with Crippen LogP contribution in [0.4, 0.5) is 13.2 Å². The summed E-state index contributed by atoms with van der Waals surface area (Å²) in [7, 11) is 0. The molecule has 0 aliphatic heterocycles. The van der Waals surface area contributed by atoms with Crippen molar-refractivity contribution in [2.75, 3.05) is 6.54 Å². The first-order valence-electron chi connectivity index (χ1n) is 14.4. The largest absolute Gasteiger partial charge is 0.434 e. The van der Waals surface area contributed by atoms with Gasteiger partial charge in [-0.25, -0.2) is 4.68 Å². The predicted octanol–water partition coefficient (Wildman–Crippen LogP) is 8.39. The number of nitrogens with zero attached hydrogens (tertiary/aromatic N) is 4. The van der Waals surface area contributed by atoms with Crippen LogP contribution in [0.5, 0.6) is 0 Å². The van der Waals surface area contributed by atoms with Crippen molar-refractivity contribution in [2.45, 2.75) is 25.4 Å². The van der Waals surface area contributed by atoms with Crippen LogP contribution >= 0.6 is 0 Å². The molecule has 0 N–H and O–H groups in total. The summed E-state index contributed by atoms with van der Waals surface area (Å²) in [5.41, 5.74) is 6.80. The quantitative estimate of drug-likeness (QED) is 0.176. The molecule has 1 aliphatic carbocycles. The molecule has 1 aliphatic rings. The van der Waals surface area contributed by atoms with Crippen molar-refractivity contribution in [3.8, 4) is 28.3 Å².